The second kappa shape index (κ2) is 6.27. The van der Waals surface area contributed by atoms with Crippen LogP contribution in [0, 0.1) is 5.82 Å². The van der Waals surface area contributed by atoms with Crippen molar-refractivity contribution in [3.05, 3.63) is 66.0 Å². The van der Waals surface area contributed by atoms with Crippen molar-refractivity contribution < 1.29 is 4.39 Å². The topological polar surface area (TPSA) is 0 Å². The van der Waals surface area contributed by atoms with Crippen LogP contribution < -0.4 is 0 Å². The minimum absolute atomic E-state index is 0.210. The van der Waals surface area contributed by atoms with Gasteiger partial charge in [-0.1, -0.05) is 24.8 Å². The molecule has 0 aliphatic heterocycles. The molecule has 0 nitrogen and oxygen atoms in total. The van der Waals surface area contributed by atoms with Crippen molar-refractivity contribution in [2.24, 2.45) is 0 Å². The van der Waals surface area contributed by atoms with Crippen molar-refractivity contribution >= 4 is 39.6 Å². The first-order chi connectivity index (χ1) is 10.6. The third-order valence-electron chi connectivity index (χ3n) is 3.69. The maximum Gasteiger partial charge on any atom is 0.123 e. The lowest BCUT2D eigenvalue weighted by Gasteiger charge is -2.05. The van der Waals surface area contributed by atoms with Crippen molar-refractivity contribution in [3.63, 3.8) is 0 Å². The quantitative estimate of drug-likeness (QED) is 0.541. The molecule has 0 aliphatic rings. The Balaban J connectivity index is 2.23. The van der Waals surface area contributed by atoms with E-state index in [0.29, 0.717) is 0 Å². The lowest BCUT2D eigenvalue weighted by atomic mass is 9.99. The maximum atomic E-state index is 13.2. The lowest BCUT2D eigenvalue weighted by molar-refractivity contribution is 0.628. The summed E-state index contributed by atoms with van der Waals surface area (Å²) in [5, 5.41) is 1.23. The first-order valence-corrected chi connectivity index (χ1v) is 8.63. The van der Waals surface area contributed by atoms with E-state index in [-0.39, 0.29) is 5.82 Å². The number of thiophene rings is 1. The van der Waals surface area contributed by atoms with Crippen LogP contribution in [-0.2, 0) is 6.42 Å². The third kappa shape index (κ3) is 2.83. The van der Waals surface area contributed by atoms with E-state index >= 15 is 0 Å². The van der Waals surface area contributed by atoms with Gasteiger partial charge in [-0.3, -0.25) is 0 Å². The number of hydrogen-bond donors (Lipinski definition) is 1. The van der Waals surface area contributed by atoms with Crippen molar-refractivity contribution in [1.29, 1.82) is 0 Å². The van der Waals surface area contributed by atoms with Crippen LogP contribution in [0.15, 0.2) is 49.0 Å². The molecule has 3 heteroatoms. The van der Waals surface area contributed by atoms with E-state index in [9.17, 15) is 4.39 Å². The van der Waals surface area contributed by atoms with Gasteiger partial charge in [0, 0.05) is 20.5 Å². The lowest BCUT2D eigenvalue weighted by Crippen LogP contribution is -1.86. The molecular weight excluding hydrogens is 311 g/mol. The molecule has 0 radical (unpaired) electrons. The molecule has 0 saturated carbocycles. The maximum absolute atomic E-state index is 13.2. The molecule has 0 bridgehead atoms. The summed E-state index contributed by atoms with van der Waals surface area (Å²) in [5.74, 6) is 0.626. The molecule has 0 N–H and O–H groups in total. The predicted molar refractivity (Wildman–Crippen MR) is 99.5 cm³/mol. The minimum Gasteiger partial charge on any atom is -0.207 e. The van der Waals surface area contributed by atoms with Gasteiger partial charge in [0.05, 0.1) is 0 Å². The summed E-state index contributed by atoms with van der Waals surface area (Å²) >= 11 is 6.05. The van der Waals surface area contributed by atoms with Gasteiger partial charge >= 0.3 is 0 Å². The summed E-state index contributed by atoms with van der Waals surface area (Å²) in [7, 11) is 0. The van der Waals surface area contributed by atoms with Crippen LogP contribution in [0.25, 0.3) is 26.1 Å². The smallest absolute Gasteiger partial charge is 0.123 e. The van der Waals surface area contributed by atoms with Gasteiger partial charge in [-0.2, -0.15) is 12.6 Å². The molecule has 0 aliphatic carbocycles. The average molecular weight is 328 g/mol. The standard InChI is InChI=1S/C19H17FS2/c1-12(2)18-16-11-13(9-10-21)3-8-17(16)22-19(18)14-4-6-15(20)7-5-14/h3-8,11,21H,1,9-10H2,2H3. The molecule has 0 spiro atoms. The number of rotatable bonds is 4. The fourth-order valence-corrected chi connectivity index (χ4v) is 4.18. The molecule has 3 rings (SSSR count). The van der Waals surface area contributed by atoms with Crippen LogP contribution in [0.1, 0.15) is 18.1 Å². The van der Waals surface area contributed by atoms with Crippen LogP contribution in [0.5, 0.6) is 0 Å². The van der Waals surface area contributed by atoms with Crippen LogP contribution in [0.3, 0.4) is 0 Å². The van der Waals surface area contributed by atoms with E-state index in [1.807, 2.05) is 19.1 Å². The number of benzene rings is 2. The van der Waals surface area contributed by atoms with Gasteiger partial charge < -0.3 is 0 Å². The molecule has 0 unspecified atom stereocenters. The number of aryl methyl sites for hydroxylation is 1. The molecule has 0 saturated heterocycles. The molecule has 112 valence electrons. The van der Waals surface area contributed by atoms with Gasteiger partial charge in [0.1, 0.15) is 5.82 Å². The fraction of sp³-hybridized carbons (Fsp3) is 0.158. The molecule has 0 atom stereocenters. The van der Waals surface area contributed by atoms with Gasteiger partial charge in [-0.05, 0) is 60.1 Å². The highest BCUT2D eigenvalue weighted by molar-refractivity contribution is 7.80. The molecule has 2 aromatic carbocycles. The van der Waals surface area contributed by atoms with E-state index in [2.05, 4.69) is 37.4 Å². The number of thiol groups is 1. The second-order valence-corrected chi connectivity index (χ2v) is 6.90. The van der Waals surface area contributed by atoms with Crippen molar-refractivity contribution in [2.75, 3.05) is 5.75 Å². The van der Waals surface area contributed by atoms with Crippen LogP contribution >= 0.6 is 24.0 Å². The van der Waals surface area contributed by atoms with E-state index in [4.69, 9.17) is 0 Å². The SMILES string of the molecule is C=C(C)c1c(-c2ccc(F)cc2)sc2ccc(CCS)cc12. The molecular formula is C19H17FS2. The fourth-order valence-electron chi connectivity index (χ4n) is 2.66. The summed E-state index contributed by atoms with van der Waals surface area (Å²) in [5.41, 5.74) is 4.53. The van der Waals surface area contributed by atoms with Gasteiger partial charge in [0.2, 0.25) is 0 Å². The molecule has 3 aromatic rings. The van der Waals surface area contributed by atoms with E-state index in [0.717, 1.165) is 28.2 Å². The normalized spacial score (nSPS) is 11.0. The Morgan fingerprint density at radius 1 is 1.18 bits per heavy atom. The number of hydrogen-bond acceptors (Lipinski definition) is 2. The van der Waals surface area contributed by atoms with Crippen LogP contribution in [0.2, 0.25) is 0 Å². The average Bonchev–Trinajstić information content (AvgIpc) is 2.87. The first kappa shape index (κ1) is 15.3. The van der Waals surface area contributed by atoms with Crippen LogP contribution in [-0.4, -0.2) is 5.75 Å². The van der Waals surface area contributed by atoms with Gasteiger partial charge in [-0.15, -0.1) is 11.3 Å². The van der Waals surface area contributed by atoms with Gasteiger partial charge in [0.25, 0.3) is 0 Å². The Hall–Kier alpha value is -1.58. The summed E-state index contributed by atoms with van der Waals surface area (Å²) < 4.78 is 14.4. The second-order valence-electron chi connectivity index (χ2n) is 5.40. The Labute approximate surface area is 139 Å². The minimum atomic E-state index is -0.210. The molecule has 0 fully saturated rings. The third-order valence-corrected chi connectivity index (χ3v) is 5.13. The Morgan fingerprint density at radius 2 is 1.91 bits per heavy atom. The Kier molecular flexibility index (Phi) is 4.37. The molecule has 1 heterocycles. The zero-order valence-electron chi connectivity index (χ0n) is 12.4. The van der Waals surface area contributed by atoms with E-state index in [1.165, 1.54) is 33.3 Å². The Morgan fingerprint density at radius 3 is 2.55 bits per heavy atom. The zero-order valence-corrected chi connectivity index (χ0v) is 14.1. The molecule has 22 heavy (non-hydrogen) atoms. The number of halogens is 1. The summed E-state index contributed by atoms with van der Waals surface area (Å²) in [6.07, 6.45) is 0.955. The highest BCUT2D eigenvalue weighted by Gasteiger charge is 2.15. The number of allylic oxidation sites excluding steroid dienone is 1. The summed E-state index contributed by atoms with van der Waals surface area (Å²) in [6.45, 7) is 6.17. The summed E-state index contributed by atoms with van der Waals surface area (Å²) in [4.78, 5) is 1.16. The van der Waals surface area contributed by atoms with Gasteiger partial charge in [-0.25, -0.2) is 4.39 Å². The summed E-state index contributed by atoms with van der Waals surface area (Å²) in [6, 6.07) is 13.2. The first-order valence-electron chi connectivity index (χ1n) is 7.18. The monoisotopic (exact) mass is 328 g/mol. The highest BCUT2D eigenvalue weighted by atomic mass is 32.1. The number of fused-ring (bicyclic) bond motifs is 1. The predicted octanol–water partition coefficient (Wildman–Crippen LogP) is 6.21. The Bertz CT molecular complexity index is 829. The van der Waals surface area contributed by atoms with Crippen molar-refractivity contribution in [3.8, 4) is 10.4 Å². The van der Waals surface area contributed by atoms with Crippen LogP contribution in [0.4, 0.5) is 4.39 Å². The van der Waals surface area contributed by atoms with E-state index < -0.39 is 0 Å². The molecule has 0 amide bonds. The largest absolute Gasteiger partial charge is 0.207 e. The van der Waals surface area contributed by atoms with Gasteiger partial charge in [0.15, 0.2) is 0 Å². The van der Waals surface area contributed by atoms with Crippen molar-refractivity contribution in [2.45, 2.75) is 13.3 Å². The van der Waals surface area contributed by atoms with E-state index in [1.54, 1.807) is 11.3 Å². The molecule has 1 aromatic heterocycles. The van der Waals surface area contributed by atoms with Crippen molar-refractivity contribution in [1.82, 2.24) is 0 Å². The highest BCUT2D eigenvalue weighted by Crippen LogP contribution is 2.42. The zero-order chi connectivity index (χ0) is 15.7.